The lowest BCUT2D eigenvalue weighted by molar-refractivity contribution is 0.159. The maximum Gasteiger partial charge on any atom is 0.320 e. The van der Waals surface area contributed by atoms with Crippen LogP contribution in [0, 0.1) is 24.4 Å². The van der Waals surface area contributed by atoms with Crippen LogP contribution in [0.4, 0.5) is 23.8 Å². The summed E-state index contributed by atoms with van der Waals surface area (Å²) >= 11 is 0. The van der Waals surface area contributed by atoms with Crippen molar-refractivity contribution in [2.45, 2.75) is 18.9 Å². The van der Waals surface area contributed by atoms with Crippen LogP contribution in [0.2, 0.25) is 0 Å². The molecule has 0 unspecified atom stereocenters. The number of aryl methyl sites for hydroxylation is 1. The van der Waals surface area contributed by atoms with Crippen LogP contribution in [0.3, 0.4) is 0 Å². The number of likely N-dealkylation sites (tertiary alicyclic amines) is 1. The van der Waals surface area contributed by atoms with Gasteiger partial charge in [-0.2, -0.15) is 10.2 Å². The number of methoxy groups -OCH3 is 1. The number of nitrogens with zero attached hydrogens (tertiary/aromatic N) is 5. The standard InChI is InChI=1S/C28H30F3N7O2/c1-17-26(19-13-32-36(2)14-19)35-38(21-7-5-20(29)6-8-21)27(17)34-28(39)33-25-16-37(10-11-40-3)15-22(25)18-4-9-23(30)24(31)12-18/h4-9,12-14,22,25H,10-11,15-16H2,1-3H3,(H2,33,34,39)/t22-,25+/m0/s1. The monoisotopic (exact) mass is 553 g/mol. The van der Waals surface area contributed by atoms with Gasteiger partial charge in [-0.25, -0.2) is 22.6 Å². The number of hydrogen-bond donors (Lipinski definition) is 2. The van der Waals surface area contributed by atoms with Crippen molar-refractivity contribution in [2.24, 2.45) is 7.05 Å². The maximum atomic E-state index is 14.1. The van der Waals surface area contributed by atoms with Gasteiger partial charge in [0.2, 0.25) is 0 Å². The Labute approximate surface area is 229 Å². The molecule has 0 spiro atoms. The second-order valence-electron chi connectivity index (χ2n) is 9.85. The molecule has 0 radical (unpaired) electrons. The molecule has 0 bridgehead atoms. The average molecular weight is 554 g/mol. The Balaban J connectivity index is 1.43. The van der Waals surface area contributed by atoms with E-state index >= 15 is 0 Å². The number of amides is 2. The third-order valence-corrected chi connectivity index (χ3v) is 7.10. The quantitative estimate of drug-likeness (QED) is 0.341. The average Bonchev–Trinajstić information content (AvgIpc) is 3.62. The molecule has 1 aliphatic rings. The largest absolute Gasteiger partial charge is 0.383 e. The molecule has 2 amide bonds. The van der Waals surface area contributed by atoms with Gasteiger partial charge in [0.05, 0.1) is 24.5 Å². The number of halogens is 3. The van der Waals surface area contributed by atoms with E-state index in [2.05, 4.69) is 20.6 Å². The number of anilines is 1. The minimum absolute atomic E-state index is 0.272. The molecule has 2 aromatic carbocycles. The Hall–Kier alpha value is -4.16. The van der Waals surface area contributed by atoms with Gasteiger partial charge in [0.15, 0.2) is 11.6 Å². The van der Waals surface area contributed by atoms with Crippen LogP contribution >= 0.6 is 0 Å². The topological polar surface area (TPSA) is 89.2 Å². The van der Waals surface area contributed by atoms with Crippen LogP contribution in [-0.4, -0.2) is 69.9 Å². The van der Waals surface area contributed by atoms with Crippen LogP contribution in [-0.2, 0) is 11.8 Å². The molecule has 2 N–H and O–H groups in total. The highest BCUT2D eigenvalue weighted by Gasteiger charge is 2.35. The van der Waals surface area contributed by atoms with E-state index in [9.17, 15) is 18.0 Å². The van der Waals surface area contributed by atoms with Gasteiger partial charge in [0.25, 0.3) is 0 Å². The first kappa shape index (κ1) is 27.4. The van der Waals surface area contributed by atoms with E-state index in [0.717, 1.165) is 11.6 Å². The first-order chi connectivity index (χ1) is 19.2. The summed E-state index contributed by atoms with van der Waals surface area (Å²) in [5.74, 6) is -2.12. The number of ether oxygens (including phenoxy) is 1. The van der Waals surface area contributed by atoms with Crippen molar-refractivity contribution in [3.05, 3.63) is 83.4 Å². The van der Waals surface area contributed by atoms with Gasteiger partial charge in [-0.1, -0.05) is 6.07 Å². The van der Waals surface area contributed by atoms with E-state index < -0.39 is 23.5 Å². The van der Waals surface area contributed by atoms with Crippen molar-refractivity contribution in [3.8, 4) is 16.9 Å². The molecule has 1 fully saturated rings. The lowest BCUT2D eigenvalue weighted by Gasteiger charge is -2.21. The molecule has 5 rings (SSSR count). The molecule has 3 heterocycles. The SMILES string of the molecule is COCCN1C[C@@H](NC(=O)Nc2c(C)c(-c3cnn(C)c3)nn2-c2ccc(F)cc2)[C@H](c2ccc(F)c(F)c2)C1. The van der Waals surface area contributed by atoms with Crippen LogP contribution in [0.1, 0.15) is 17.0 Å². The summed E-state index contributed by atoms with van der Waals surface area (Å²) in [7, 11) is 3.40. The number of hydrogen-bond acceptors (Lipinski definition) is 5. The van der Waals surface area contributed by atoms with E-state index in [-0.39, 0.29) is 12.0 Å². The van der Waals surface area contributed by atoms with Gasteiger partial charge >= 0.3 is 6.03 Å². The van der Waals surface area contributed by atoms with Gasteiger partial charge in [0, 0.05) is 57.0 Å². The third kappa shape index (κ3) is 5.73. The van der Waals surface area contributed by atoms with Crippen molar-refractivity contribution in [1.82, 2.24) is 29.8 Å². The van der Waals surface area contributed by atoms with Crippen LogP contribution < -0.4 is 10.6 Å². The van der Waals surface area contributed by atoms with Crippen molar-refractivity contribution in [2.75, 3.05) is 38.7 Å². The molecule has 2 aromatic heterocycles. The van der Waals surface area contributed by atoms with Crippen LogP contribution in [0.25, 0.3) is 16.9 Å². The predicted molar refractivity (Wildman–Crippen MR) is 144 cm³/mol. The smallest absolute Gasteiger partial charge is 0.320 e. The predicted octanol–water partition coefficient (Wildman–Crippen LogP) is 4.23. The zero-order chi connectivity index (χ0) is 28.4. The number of urea groups is 1. The Morgan fingerprint density at radius 1 is 1.10 bits per heavy atom. The first-order valence-corrected chi connectivity index (χ1v) is 12.8. The summed E-state index contributed by atoms with van der Waals surface area (Å²) in [4.78, 5) is 15.5. The Morgan fingerprint density at radius 2 is 1.88 bits per heavy atom. The molecule has 40 heavy (non-hydrogen) atoms. The maximum absolute atomic E-state index is 14.1. The second kappa shape index (κ2) is 11.5. The van der Waals surface area contributed by atoms with Gasteiger partial charge in [0.1, 0.15) is 17.3 Å². The van der Waals surface area contributed by atoms with Gasteiger partial charge in [-0.05, 0) is 48.9 Å². The Kier molecular flexibility index (Phi) is 7.90. The normalized spacial score (nSPS) is 17.4. The summed E-state index contributed by atoms with van der Waals surface area (Å²) in [6.07, 6.45) is 3.49. The molecule has 1 saturated heterocycles. The lowest BCUT2D eigenvalue weighted by atomic mass is 9.94. The summed E-state index contributed by atoms with van der Waals surface area (Å²) in [5.41, 5.74) is 3.21. The lowest BCUT2D eigenvalue weighted by Crippen LogP contribution is -2.42. The van der Waals surface area contributed by atoms with Crippen LogP contribution in [0.5, 0.6) is 0 Å². The van der Waals surface area contributed by atoms with E-state index in [4.69, 9.17) is 9.84 Å². The Bertz CT molecular complexity index is 1500. The highest BCUT2D eigenvalue weighted by molar-refractivity contribution is 5.91. The zero-order valence-electron chi connectivity index (χ0n) is 22.4. The molecule has 9 nitrogen and oxygen atoms in total. The van der Waals surface area contributed by atoms with Crippen molar-refractivity contribution in [1.29, 1.82) is 0 Å². The van der Waals surface area contributed by atoms with Crippen molar-refractivity contribution < 1.29 is 22.7 Å². The second-order valence-corrected chi connectivity index (χ2v) is 9.85. The molecular weight excluding hydrogens is 523 g/mol. The number of carbonyl (C=O) groups excluding carboxylic acids is 1. The summed E-state index contributed by atoms with van der Waals surface area (Å²) in [5, 5.41) is 14.9. The molecule has 0 saturated carbocycles. The molecule has 1 aliphatic heterocycles. The number of nitrogens with one attached hydrogen (secondary N) is 2. The molecule has 4 aromatic rings. The Morgan fingerprint density at radius 3 is 2.55 bits per heavy atom. The van der Waals surface area contributed by atoms with Gasteiger partial charge in [-0.3, -0.25) is 14.9 Å². The number of aromatic nitrogens is 4. The highest BCUT2D eigenvalue weighted by atomic mass is 19.2. The zero-order valence-corrected chi connectivity index (χ0v) is 22.4. The molecule has 12 heteroatoms. The molecule has 210 valence electrons. The summed E-state index contributed by atoms with van der Waals surface area (Å²) in [6, 6.07) is 8.73. The van der Waals surface area contributed by atoms with Crippen molar-refractivity contribution >= 4 is 11.8 Å². The van der Waals surface area contributed by atoms with Gasteiger partial charge in [-0.15, -0.1) is 0 Å². The minimum atomic E-state index is -0.933. The summed E-state index contributed by atoms with van der Waals surface area (Å²) in [6.45, 7) is 3.99. The van der Waals surface area contributed by atoms with E-state index in [1.54, 1.807) is 47.9 Å². The van der Waals surface area contributed by atoms with Crippen LogP contribution in [0.15, 0.2) is 54.9 Å². The van der Waals surface area contributed by atoms with E-state index in [1.807, 2.05) is 13.1 Å². The molecule has 2 atom stereocenters. The number of carbonyl (C=O) groups is 1. The van der Waals surface area contributed by atoms with Crippen molar-refractivity contribution in [3.63, 3.8) is 0 Å². The molecule has 0 aliphatic carbocycles. The highest BCUT2D eigenvalue weighted by Crippen LogP contribution is 2.32. The minimum Gasteiger partial charge on any atom is -0.383 e. The fourth-order valence-electron chi connectivity index (χ4n) is 5.06. The third-order valence-electron chi connectivity index (χ3n) is 7.10. The van der Waals surface area contributed by atoms with Gasteiger partial charge < -0.3 is 10.1 Å². The summed E-state index contributed by atoms with van der Waals surface area (Å²) < 4.78 is 49.8. The first-order valence-electron chi connectivity index (χ1n) is 12.8. The number of rotatable bonds is 8. The fourth-order valence-corrected chi connectivity index (χ4v) is 5.06. The fraction of sp³-hybridized carbons (Fsp3) is 0.321. The molecular formula is C28H30F3N7O2. The van der Waals surface area contributed by atoms with E-state index in [0.29, 0.717) is 54.6 Å². The van der Waals surface area contributed by atoms with E-state index in [1.165, 1.54) is 18.2 Å². The number of benzene rings is 2.